The summed E-state index contributed by atoms with van der Waals surface area (Å²) in [6.45, 7) is 5.97. The van der Waals surface area contributed by atoms with Gasteiger partial charge in [-0.1, -0.05) is 19.9 Å². The summed E-state index contributed by atoms with van der Waals surface area (Å²) >= 11 is 1.82. The maximum atomic E-state index is 10.6. The van der Waals surface area contributed by atoms with Gasteiger partial charge in [0.2, 0.25) is 0 Å². The lowest BCUT2D eigenvalue weighted by atomic mass is 10.4. The van der Waals surface area contributed by atoms with E-state index in [4.69, 9.17) is 4.74 Å². The molecule has 0 N–H and O–H groups in total. The van der Waals surface area contributed by atoms with Crippen molar-refractivity contribution < 1.29 is 9.53 Å². The number of carbonyl (C=O) groups is 1. The van der Waals surface area contributed by atoms with Gasteiger partial charge >= 0.3 is 5.97 Å². The number of esters is 1. The number of ether oxygens (including phenoxy) is 1. The van der Waals surface area contributed by atoms with Crippen LogP contribution in [0.3, 0.4) is 0 Å². The van der Waals surface area contributed by atoms with E-state index in [0.29, 0.717) is 6.61 Å². The molecule has 0 aromatic carbocycles. The Hall–Kier alpha value is -0.440. The molecule has 0 amide bonds. The SMILES string of the molecule is C=CC(=O)OCCSCCCC. The zero-order valence-electron chi connectivity index (χ0n) is 7.54. The zero-order chi connectivity index (χ0) is 9.23. The van der Waals surface area contributed by atoms with E-state index in [2.05, 4.69) is 13.5 Å². The summed E-state index contributed by atoms with van der Waals surface area (Å²) in [5, 5.41) is 0. The minimum Gasteiger partial charge on any atom is -0.462 e. The van der Waals surface area contributed by atoms with Gasteiger partial charge in [-0.15, -0.1) is 0 Å². The largest absolute Gasteiger partial charge is 0.462 e. The lowest BCUT2D eigenvalue weighted by Gasteiger charge is -2.00. The molecule has 0 aliphatic rings. The first-order valence-electron chi connectivity index (χ1n) is 4.18. The average molecular weight is 188 g/mol. The number of thioether (sulfide) groups is 1. The van der Waals surface area contributed by atoms with Gasteiger partial charge in [0.15, 0.2) is 0 Å². The molecule has 0 bridgehead atoms. The molecule has 70 valence electrons. The highest BCUT2D eigenvalue weighted by Crippen LogP contribution is 2.03. The highest BCUT2D eigenvalue weighted by molar-refractivity contribution is 7.99. The Balaban J connectivity index is 3.00. The minimum atomic E-state index is -0.328. The van der Waals surface area contributed by atoms with Crippen molar-refractivity contribution in [3.63, 3.8) is 0 Å². The van der Waals surface area contributed by atoms with E-state index in [1.54, 1.807) is 0 Å². The third kappa shape index (κ3) is 7.66. The van der Waals surface area contributed by atoms with Crippen LogP contribution in [0.5, 0.6) is 0 Å². The van der Waals surface area contributed by atoms with Crippen LogP contribution in [-0.4, -0.2) is 24.1 Å². The first kappa shape index (κ1) is 11.6. The highest BCUT2D eigenvalue weighted by Gasteiger charge is 1.94. The fourth-order valence-electron chi connectivity index (χ4n) is 0.609. The van der Waals surface area contributed by atoms with E-state index in [0.717, 1.165) is 11.5 Å². The van der Waals surface area contributed by atoms with Gasteiger partial charge in [-0.05, 0) is 12.2 Å². The van der Waals surface area contributed by atoms with Crippen LogP contribution in [0.2, 0.25) is 0 Å². The first-order chi connectivity index (χ1) is 5.81. The molecule has 0 spiro atoms. The van der Waals surface area contributed by atoms with Crippen LogP contribution in [0.25, 0.3) is 0 Å². The summed E-state index contributed by atoms with van der Waals surface area (Å²) in [5.74, 6) is 1.72. The number of hydrogen-bond donors (Lipinski definition) is 0. The van der Waals surface area contributed by atoms with E-state index in [1.165, 1.54) is 18.9 Å². The van der Waals surface area contributed by atoms with Crippen LogP contribution in [0.4, 0.5) is 0 Å². The monoisotopic (exact) mass is 188 g/mol. The van der Waals surface area contributed by atoms with Crippen molar-refractivity contribution in [3.05, 3.63) is 12.7 Å². The second-order valence-corrected chi connectivity index (χ2v) is 3.56. The van der Waals surface area contributed by atoms with Gasteiger partial charge in [-0.3, -0.25) is 0 Å². The Morgan fingerprint density at radius 3 is 2.92 bits per heavy atom. The van der Waals surface area contributed by atoms with Crippen molar-refractivity contribution in [2.24, 2.45) is 0 Å². The quantitative estimate of drug-likeness (QED) is 0.348. The van der Waals surface area contributed by atoms with E-state index in [9.17, 15) is 4.79 Å². The molecule has 0 unspecified atom stereocenters. The topological polar surface area (TPSA) is 26.3 Å². The van der Waals surface area contributed by atoms with Crippen molar-refractivity contribution in [1.82, 2.24) is 0 Å². The molecule has 0 aliphatic carbocycles. The summed E-state index contributed by atoms with van der Waals surface area (Å²) in [4.78, 5) is 10.6. The molecule has 2 nitrogen and oxygen atoms in total. The van der Waals surface area contributed by atoms with Gasteiger partial charge in [0, 0.05) is 11.8 Å². The Morgan fingerprint density at radius 1 is 1.58 bits per heavy atom. The maximum absolute atomic E-state index is 10.6. The second kappa shape index (κ2) is 8.65. The van der Waals surface area contributed by atoms with Crippen molar-refractivity contribution >= 4 is 17.7 Å². The molecule has 0 saturated carbocycles. The van der Waals surface area contributed by atoms with Crippen molar-refractivity contribution in [1.29, 1.82) is 0 Å². The van der Waals surface area contributed by atoms with Crippen LogP contribution in [-0.2, 0) is 9.53 Å². The van der Waals surface area contributed by atoms with E-state index < -0.39 is 0 Å². The molecule has 12 heavy (non-hydrogen) atoms. The Labute approximate surface area is 78.4 Å². The lowest BCUT2D eigenvalue weighted by Crippen LogP contribution is -2.03. The standard InChI is InChI=1S/C9H16O2S/c1-3-5-7-12-8-6-11-9(10)4-2/h4H,2-3,5-8H2,1H3. The number of unbranched alkanes of at least 4 members (excludes halogenated alkanes) is 1. The molecule has 0 atom stereocenters. The smallest absolute Gasteiger partial charge is 0.330 e. The predicted octanol–water partition coefficient (Wildman–Crippen LogP) is 2.25. The lowest BCUT2D eigenvalue weighted by molar-refractivity contribution is -0.137. The van der Waals surface area contributed by atoms with Gasteiger partial charge < -0.3 is 4.74 Å². The molecular formula is C9H16O2S. The highest BCUT2D eigenvalue weighted by atomic mass is 32.2. The summed E-state index contributed by atoms with van der Waals surface area (Å²) < 4.78 is 4.79. The zero-order valence-corrected chi connectivity index (χ0v) is 8.36. The minimum absolute atomic E-state index is 0.328. The first-order valence-corrected chi connectivity index (χ1v) is 5.33. The molecule has 0 fully saturated rings. The molecule has 0 rings (SSSR count). The molecule has 0 aliphatic heterocycles. The van der Waals surface area contributed by atoms with Gasteiger partial charge in [0.1, 0.15) is 6.61 Å². The van der Waals surface area contributed by atoms with E-state index in [1.807, 2.05) is 11.8 Å². The number of carbonyl (C=O) groups excluding carboxylic acids is 1. The number of hydrogen-bond acceptors (Lipinski definition) is 3. The molecule has 3 heteroatoms. The summed E-state index contributed by atoms with van der Waals surface area (Å²) in [6, 6.07) is 0. The Morgan fingerprint density at radius 2 is 2.33 bits per heavy atom. The third-order valence-electron chi connectivity index (χ3n) is 1.28. The van der Waals surface area contributed by atoms with Crippen LogP contribution >= 0.6 is 11.8 Å². The third-order valence-corrected chi connectivity index (χ3v) is 2.31. The Bertz CT molecular complexity index is 134. The normalized spacial score (nSPS) is 9.42. The van der Waals surface area contributed by atoms with Crippen LogP contribution in [0, 0.1) is 0 Å². The molecule has 0 saturated heterocycles. The fourth-order valence-corrected chi connectivity index (χ4v) is 1.51. The molecule has 0 aromatic rings. The van der Waals surface area contributed by atoms with Gasteiger partial charge in [0.05, 0.1) is 0 Å². The van der Waals surface area contributed by atoms with Gasteiger partial charge in [-0.25, -0.2) is 4.79 Å². The predicted molar refractivity (Wildman–Crippen MR) is 53.4 cm³/mol. The summed E-state index contributed by atoms with van der Waals surface area (Å²) in [6.07, 6.45) is 3.65. The van der Waals surface area contributed by atoms with Crippen LogP contribution < -0.4 is 0 Å². The van der Waals surface area contributed by atoms with E-state index >= 15 is 0 Å². The Kier molecular flexibility index (Phi) is 8.34. The molecular weight excluding hydrogens is 172 g/mol. The van der Waals surface area contributed by atoms with Crippen LogP contribution in [0.15, 0.2) is 12.7 Å². The maximum Gasteiger partial charge on any atom is 0.330 e. The van der Waals surface area contributed by atoms with Crippen LogP contribution in [0.1, 0.15) is 19.8 Å². The fraction of sp³-hybridized carbons (Fsp3) is 0.667. The molecule has 0 heterocycles. The van der Waals surface area contributed by atoms with Crippen molar-refractivity contribution in [3.8, 4) is 0 Å². The van der Waals surface area contributed by atoms with E-state index in [-0.39, 0.29) is 5.97 Å². The summed E-state index contributed by atoms with van der Waals surface area (Å²) in [7, 11) is 0. The molecule has 0 radical (unpaired) electrons. The van der Waals surface area contributed by atoms with Crippen molar-refractivity contribution in [2.45, 2.75) is 19.8 Å². The van der Waals surface area contributed by atoms with Gasteiger partial charge in [0.25, 0.3) is 0 Å². The average Bonchev–Trinajstić information content (AvgIpc) is 2.10. The summed E-state index contributed by atoms with van der Waals surface area (Å²) in [5.41, 5.74) is 0. The molecule has 0 aromatic heterocycles. The van der Waals surface area contributed by atoms with Gasteiger partial charge in [-0.2, -0.15) is 11.8 Å². The number of rotatable bonds is 7. The van der Waals surface area contributed by atoms with Crippen molar-refractivity contribution in [2.75, 3.05) is 18.1 Å². The second-order valence-electron chi connectivity index (χ2n) is 2.34.